The average molecular weight is 278 g/mol. The molecular formula is C17H27FN2. The molecule has 3 heteroatoms. The Hall–Kier alpha value is -0.930. The third-order valence-corrected chi connectivity index (χ3v) is 4.43. The molecule has 0 aliphatic carbocycles. The molecule has 1 saturated heterocycles. The Morgan fingerprint density at radius 3 is 2.50 bits per heavy atom. The van der Waals surface area contributed by atoms with Crippen molar-refractivity contribution in [1.29, 1.82) is 0 Å². The Kier molecular flexibility index (Phi) is 5.99. The maximum Gasteiger partial charge on any atom is 0.123 e. The largest absolute Gasteiger partial charge is 0.317 e. The number of nitrogens with zero attached hydrogens (tertiary/aromatic N) is 1. The summed E-state index contributed by atoms with van der Waals surface area (Å²) in [7, 11) is 0. The molecule has 1 unspecified atom stereocenters. The predicted molar refractivity (Wildman–Crippen MR) is 82.4 cm³/mol. The van der Waals surface area contributed by atoms with E-state index in [1.807, 2.05) is 12.1 Å². The third-order valence-electron chi connectivity index (χ3n) is 4.43. The van der Waals surface area contributed by atoms with Crippen molar-refractivity contribution in [2.75, 3.05) is 26.2 Å². The molecule has 2 rings (SSSR count). The molecule has 1 aliphatic heterocycles. The van der Waals surface area contributed by atoms with Crippen LogP contribution >= 0.6 is 0 Å². The van der Waals surface area contributed by atoms with E-state index in [-0.39, 0.29) is 5.82 Å². The number of likely N-dealkylation sites (N-methyl/N-ethyl adjacent to an activating group) is 1. The molecule has 2 nitrogen and oxygen atoms in total. The normalized spacial score (nSPS) is 18.4. The number of nitrogens with one attached hydrogen (secondary N) is 1. The van der Waals surface area contributed by atoms with E-state index in [4.69, 9.17) is 0 Å². The van der Waals surface area contributed by atoms with Crippen LogP contribution in [0.4, 0.5) is 4.39 Å². The molecule has 1 heterocycles. The molecule has 0 saturated carbocycles. The molecule has 20 heavy (non-hydrogen) atoms. The fourth-order valence-electron chi connectivity index (χ4n) is 3.11. The van der Waals surface area contributed by atoms with Crippen LogP contribution in [0.3, 0.4) is 0 Å². The van der Waals surface area contributed by atoms with Gasteiger partial charge in [0, 0.05) is 12.6 Å². The SMILES string of the molecule is CCN(CC1CCNCC1)C(C)Cc1ccc(F)cc1. The minimum atomic E-state index is -0.150. The molecule has 0 spiro atoms. The standard InChI is InChI=1S/C17H27FN2/c1-3-20(13-16-8-10-19-11-9-16)14(2)12-15-4-6-17(18)7-5-15/h4-7,14,16,19H,3,8-13H2,1-2H3. The number of hydrogen-bond donors (Lipinski definition) is 1. The Labute approximate surface area is 122 Å². The van der Waals surface area contributed by atoms with Crippen LogP contribution in [0.15, 0.2) is 24.3 Å². The van der Waals surface area contributed by atoms with Gasteiger partial charge >= 0.3 is 0 Å². The van der Waals surface area contributed by atoms with Gasteiger partial charge in [-0.25, -0.2) is 4.39 Å². The fraction of sp³-hybridized carbons (Fsp3) is 0.647. The van der Waals surface area contributed by atoms with Gasteiger partial charge in [-0.3, -0.25) is 0 Å². The van der Waals surface area contributed by atoms with Crippen molar-refractivity contribution in [2.45, 2.75) is 39.2 Å². The van der Waals surface area contributed by atoms with Crippen LogP contribution in [0.25, 0.3) is 0 Å². The molecule has 0 amide bonds. The van der Waals surface area contributed by atoms with Gasteiger partial charge in [0.2, 0.25) is 0 Å². The van der Waals surface area contributed by atoms with E-state index in [0.29, 0.717) is 6.04 Å². The fourth-order valence-corrected chi connectivity index (χ4v) is 3.11. The molecule has 1 aromatic carbocycles. The van der Waals surface area contributed by atoms with Crippen LogP contribution < -0.4 is 5.32 Å². The lowest BCUT2D eigenvalue weighted by Gasteiger charge is -2.33. The van der Waals surface area contributed by atoms with Crippen molar-refractivity contribution in [3.8, 4) is 0 Å². The van der Waals surface area contributed by atoms with Gasteiger partial charge < -0.3 is 10.2 Å². The Bertz CT molecular complexity index is 384. The predicted octanol–water partition coefficient (Wildman–Crippen LogP) is 3.08. The van der Waals surface area contributed by atoms with E-state index in [9.17, 15) is 4.39 Å². The second-order valence-corrected chi connectivity index (χ2v) is 5.96. The van der Waals surface area contributed by atoms with E-state index in [2.05, 4.69) is 24.1 Å². The number of benzene rings is 1. The summed E-state index contributed by atoms with van der Waals surface area (Å²) in [4.78, 5) is 2.57. The van der Waals surface area contributed by atoms with Gasteiger partial charge in [0.25, 0.3) is 0 Å². The van der Waals surface area contributed by atoms with Crippen molar-refractivity contribution >= 4 is 0 Å². The van der Waals surface area contributed by atoms with Crippen LogP contribution in [0.5, 0.6) is 0 Å². The molecule has 0 radical (unpaired) electrons. The zero-order valence-electron chi connectivity index (χ0n) is 12.7. The summed E-state index contributed by atoms with van der Waals surface area (Å²) in [6.45, 7) is 9.13. The van der Waals surface area contributed by atoms with Gasteiger partial charge in [-0.15, -0.1) is 0 Å². The van der Waals surface area contributed by atoms with Gasteiger partial charge in [-0.1, -0.05) is 19.1 Å². The first-order valence-electron chi connectivity index (χ1n) is 7.88. The highest BCUT2D eigenvalue weighted by Gasteiger charge is 2.19. The Balaban J connectivity index is 1.87. The third kappa shape index (κ3) is 4.57. The molecular weight excluding hydrogens is 251 g/mol. The lowest BCUT2D eigenvalue weighted by Crippen LogP contribution is -2.41. The van der Waals surface area contributed by atoms with Crippen LogP contribution in [0, 0.1) is 11.7 Å². The summed E-state index contributed by atoms with van der Waals surface area (Å²) < 4.78 is 12.9. The van der Waals surface area contributed by atoms with Crippen molar-refractivity contribution in [2.24, 2.45) is 5.92 Å². The first-order valence-corrected chi connectivity index (χ1v) is 7.88. The van der Waals surface area contributed by atoms with E-state index in [1.165, 1.54) is 24.9 Å². The highest BCUT2D eigenvalue weighted by atomic mass is 19.1. The van der Waals surface area contributed by atoms with Gasteiger partial charge in [-0.05, 0) is 69.4 Å². The minimum absolute atomic E-state index is 0.150. The lowest BCUT2D eigenvalue weighted by atomic mass is 9.96. The molecule has 0 aromatic heterocycles. The summed E-state index contributed by atoms with van der Waals surface area (Å²) >= 11 is 0. The van der Waals surface area contributed by atoms with Crippen molar-refractivity contribution in [3.63, 3.8) is 0 Å². The Morgan fingerprint density at radius 2 is 1.90 bits per heavy atom. The smallest absolute Gasteiger partial charge is 0.123 e. The van der Waals surface area contributed by atoms with Gasteiger partial charge in [0.15, 0.2) is 0 Å². The number of piperidine rings is 1. The zero-order chi connectivity index (χ0) is 14.4. The summed E-state index contributed by atoms with van der Waals surface area (Å²) in [5.41, 5.74) is 1.22. The summed E-state index contributed by atoms with van der Waals surface area (Å²) in [6, 6.07) is 7.45. The Morgan fingerprint density at radius 1 is 1.25 bits per heavy atom. The molecule has 1 aliphatic rings. The molecule has 112 valence electrons. The highest BCUT2D eigenvalue weighted by molar-refractivity contribution is 5.17. The summed E-state index contributed by atoms with van der Waals surface area (Å²) in [5, 5.41) is 3.43. The summed E-state index contributed by atoms with van der Waals surface area (Å²) in [6.07, 6.45) is 3.58. The quantitative estimate of drug-likeness (QED) is 0.860. The van der Waals surface area contributed by atoms with Crippen LogP contribution in [-0.2, 0) is 6.42 Å². The number of halogens is 1. The maximum absolute atomic E-state index is 12.9. The zero-order valence-corrected chi connectivity index (χ0v) is 12.7. The second kappa shape index (κ2) is 7.75. The van der Waals surface area contributed by atoms with Crippen molar-refractivity contribution < 1.29 is 4.39 Å². The van der Waals surface area contributed by atoms with E-state index < -0.39 is 0 Å². The molecule has 1 fully saturated rings. The summed E-state index contributed by atoms with van der Waals surface area (Å²) in [5.74, 6) is 0.676. The molecule has 1 atom stereocenters. The lowest BCUT2D eigenvalue weighted by molar-refractivity contribution is 0.167. The molecule has 1 N–H and O–H groups in total. The highest BCUT2D eigenvalue weighted by Crippen LogP contribution is 2.17. The number of rotatable bonds is 6. The van der Waals surface area contributed by atoms with Gasteiger partial charge in [-0.2, -0.15) is 0 Å². The average Bonchev–Trinajstić information content (AvgIpc) is 2.48. The first kappa shape index (κ1) is 15.5. The van der Waals surface area contributed by atoms with Crippen molar-refractivity contribution in [1.82, 2.24) is 10.2 Å². The van der Waals surface area contributed by atoms with E-state index >= 15 is 0 Å². The van der Waals surface area contributed by atoms with E-state index in [0.717, 1.165) is 32.0 Å². The monoisotopic (exact) mass is 278 g/mol. The second-order valence-electron chi connectivity index (χ2n) is 5.96. The van der Waals surface area contributed by atoms with Gasteiger partial charge in [0.05, 0.1) is 0 Å². The first-order chi connectivity index (χ1) is 9.69. The van der Waals surface area contributed by atoms with E-state index in [1.54, 1.807) is 12.1 Å². The molecule has 1 aromatic rings. The molecule has 0 bridgehead atoms. The van der Waals surface area contributed by atoms with Crippen LogP contribution in [0.2, 0.25) is 0 Å². The number of hydrogen-bond acceptors (Lipinski definition) is 2. The van der Waals surface area contributed by atoms with Crippen LogP contribution in [-0.4, -0.2) is 37.1 Å². The van der Waals surface area contributed by atoms with Crippen molar-refractivity contribution in [3.05, 3.63) is 35.6 Å². The minimum Gasteiger partial charge on any atom is -0.317 e. The van der Waals surface area contributed by atoms with Crippen LogP contribution in [0.1, 0.15) is 32.3 Å². The maximum atomic E-state index is 12.9. The van der Waals surface area contributed by atoms with Gasteiger partial charge in [0.1, 0.15) is 5.82 Å². The topological polar surface area (TPSA) is 15.3 Å².